The van der Waals surface area contributed by atoms with Crippen LogP contribution in [0.25, 0.3) is 0 Å². The Kier molecular flexibility index (Phi) is 4.52. The number of sulfone groups is 1. The van der Waals surface area contributed by atoms with Crippen molar-refractivity contribution in [2.24, 2.45) is 0 Å². The first kappa shape index (κ1) is 16.9. The van der Waals surface area contributed by atoms with Gasteiger partial charge in [-0.05, 0) is 44.0 Å². The lowest BCUT2D eigenvalue weighted by atomic mass is 10.1. The van der Waals surface area contributed by atoms with Crippen LogP contribution < -0.4 is 5.32 Å². The predicted molar refractivity (Wildman–Crippen MR) is 87.5 cm³/mol. The van der Waals surface area contributed by atoms with Crippen molar-refractivity contribution in [1.29, 1.82) is 0 Å². The fourth-order valence-electron chi connectivity index (χ4n) is 3.45. The highest BCUT2D eigenvalue weighted by atomic mass is 32.2. The third kappa shape index (κ3) is 3.05. The summed E-state index contributed by atoms with van der Waals surface area (Å²) in [5, 5.41) is 3.27. The van der Waals surface area contributed by atoms with Gasteiger partial charge in [0, 0.05) is 18.6 Å². The molecule has 2 unspecified atom stereocenters. The van der Waals surface area contributed by atoms with Gasteiger partial charge in [-0.2, -0.15) is 4.31 Å². The summed E-state index contributed by atoms with van der Waals surface area (Å²) in [5.74, 6) is -0.0462. The van der Waals surface area contributed by atoms with Crippen LogP contribution in [-0.4, -0.2) is 52.1 Å². The van der Waals surface area contributed by atoms with Crippen molar-refractivity contribution in [1.82, 2.24) is 9.62 Å². The van der Waals surface area contributed by atoms with Crippen molar-refractivity contribution in [3.05, 3.63) is 24.3 Å². The van der Waals surface area contributed by atoms with Gasteiger partial charge >= 0.3 is 0 Å². The lowest BCUT2D eigenvalue weighted by Crippen LogP contribution is -2.42. The molecular formula is C15H22N2O4S2. The zero-order valence-corrected chi connectivity index (χ0v) is 14.7. The molecule has 2 bridgehead atoms. The predicted octanol–water partition coefficient (Wildman–Crippen LogP) is 0.995. The van der Waals surface area contributed by atoms with E-state index >= 15 is 0 Å². The maximum atomic E-state index is 13.1. The molecular weight excluding hydrogens is 336 g/mol. The third-order valence-corrected chi connectivity index (χ3v) is 8.44. The van der Waals surface area contributed by atoms with Crippen LogP contribution in [0.2, 0.25) is 0 Å². The molecule has 0 amide bonds. The fraction of sp³-hybridized carbons (Fsp3) is 0.600. The zero-order chi connectivity index (χ0) is 16.7. The van der Waals surface area contributed by atoms with Gasteiger partial charge in [0.05, 0.1) is 15.5 Å². The van der Waals surface area contributed by atoms with Gasteiger partial charge in [-0.25, -0.2) is 16.8 Å². The Morgan fingerprint density at radius 2 is 1.78 bits per heavy atom. The smallest absolute Gasteiger partial charge is 0.243 e. The van der Waals surface area contributed by atoms with E-state index in [9.17, 15) is 16.8 Å². The molecule has 2 atom stereocenters. The van der Waals surface area contributed by atoms with Gasteiger partial charge in [0.2, 0.25) is 10.0 Å². The molecule has 1 aromatic rings. The van der Waals surface area contributed by atoms with Gasteiger partial charge < -0.3 is 5.32 Å². The Morgan fingerprint density at radius 1 is 1.09 bits per heavy atom. The molecule has 8 heteroatoms. The van der Waals surface area contributed by atoms with Gasteiger partial charge in [0.1, 0.15) is 0 Å². The number of fused-ring (bicyclic) bond motifs is 2. The average molecular weight is 358 g/mol. The topological polar surface area (TPSA) is 83.5 Å². The highest BCUT2D eigenvalue weighted by Gasteiger charge is 2.43. The molecule has 128 valence electrons. The summed E-state index contributed by atoms with van der Waals surface area (Å²) in [5.41, 5.74) is 0. The Balaban J connectivity index is 2.02. The third-order valence-electron chi connectivity index (χ3n) is 4.71. The lowest BCUT2D eigenvalue weighted by Gasteiger charge is -2.27. The summed E-state index contributed by atoms with van der Waals surface area (Å²) in [7, 11) is -7.11. The minimum absolute atomic E-state index is 0.00596. The van der Waals surface area contributed by atoms with Crippen molar-refractivity contribution < 1.29 is 16.8 Å². The SMILES string of the molecule is CCS(=O)(=O)c1cccc(S(=O)(=O)N2C3CCNCC2CC3)c1. The van der Waals surface area contributed by atoms with Crippen LogP contribution in [-0.2, 0) is 19.9 Å². The summed E-state index contributed by atoms with van der Waals surface area (Å²) < 4.78 is 51.8. The second-order valence-corrected chi connectivity index (χ2v) is 10.2. The summed E-state index contributed by atoms with van der Waals surface area (Å²) >= 11 is 0. The molecule has 3 rings (SSSR count). The first-order chi connectivity index (χ1) is 10.9. The molecule has 2 aliphatic heterocycles. The van der Waals surface area contributed by atoms with E-state index in [-0.39, 0.29) is 27.6 Å². The monoisotopic (exact) mass is 358 g/mol. The average Bonchev–Trinajstić information content (AvgIpc) is 2.81. The number of nitrogens with one attached hydrogen (secondary N) is 1. The van der Waals surface area contributed by atoms with Crippen LogP contribution in [0.3, 0.4) is 0 Å². The molecule has 2 aliphatic rings. The Hall–Kier alpha value is -0.960. The first-order valence-corrected chi connectivity index (χ1v) is 11.0. The van der Waals surface area contributed by atoms with E-state index in [1.807, 2.05) is 0 Å². The molecule has 2 heterocycles. The molecule has 6 nitrogen and oxygen atoms in total. The van der Waals surface area contributed by atoms with Gasteiger partial charge in [0.25, 0.3) is 0 Å². The van der Waals surface area contributed by atoms with E-state index in [2.05, 4.69) is 5.32 Å². The molecule has 2 fully saturated rings. The van der Waals surface area contributed by atoms with Crippen LogP contribution in [0, 0.1) is 0 Å². The van der Waals surface area contributed by atoms with Gasteiger partial charge in [-0.15, -0.1) is 0 Å². The highest BCUT2D eigenvalue weighted by molar-refractivity contribution is 7.91. The molecule has 2 saturated heterocycles. The maximum absolute atomic E-state index is 13.1. The van der Waals surface area contributed by atoms with Crippen molar-refractivity contribution in [2.45, 2.75) is 48.1 Å². The van der Waals surface area contributed by atoms with E-state index < -0.39 is 19.9 Å². The van der Waals surface area contributed by atoms with E-state index in [1.54, 1.807) is 11.2 Å². The number of sulfonamides is 1. The molecule has 0 radical (unpaired) electrons. The molecule has 1 aromatic carbocycles. The molecule has 1 N–H and O–H groups in total. The minimum atomic E-state index is -3.68. The molecule has 0 aromatic heterocycles. The second-order valence-electron chi connectivity index (χ2n) is 6.09. The number of benzene rings is 1. The summed E-state index contributed by atoms with van der Waals surface area (Å²) in [6, 6.07) is 5.71. The molecule has 23 heavy (non-hydrogen) atoms. The maximum Gasteiger partial charge on any atom is 0.243 e. The number of rotatable bonds is 4. The Bertz CT molecular complexity index is 775. The van der Waals surface area contributed by atoms with Gasteiger partial charge in [0.15, 0.2) is 9.84 Å². The first-order valence-electron chi connectivity index (χ1n) is 7.93. The molecule has 0 aliphatic carbocycles. The normalized spacial score (nSPS) is 26.1. The van der Waals surface area contributed by atoms with Crippen LogP contribution in [0.1, 0.15) is 26.2 Å². The summed E-state index contributed by atoms with van der Waals surface area (Å²) in [4.78, 5) is 0.146. The van der Waals surface area contributed by atoms with Crippen LogP contribution in [0.4, 0.5) is 0 Å². The second kappa shape index (κ2) is 6.16. The largest absolute Gasteiger partial charge is 0.315 e. The van der Waals surface area contributed by atoms with Crippen LogP contribution >= 0.6 is 0 Å². The van der Waals surface area contributed by atoms with E-state index in [0.29, 0.717) is 6.54 Å². The molecule has 0 spiro atoms. The minimum Gasteiger partial charge on any atom is -0.315 e. The van der Waals surface area contributed by atoms with Gasteiger partial charge in [-0.1, -0.05) is 13.0 Å². The van der Waals surface area contributed by atoms with E-state index in [1.165, 1.54) is 24.3 Å². The number of nitrogens with zero attached hydrogens (tertiary/aromatic N) is 1. The van der Waals surface area contributed by atoms with Crippen LogP contribution in [0.5, 0.6) is 0 Å². The fourth-order valence-corrected chi connectivity index (χ4v) is 6.39. The van der Waals surface area contributed by atoms with Crippen molar-refractivity contribution >= 4 is 19.9 Å². The van der Waals surface area contributed by atoms with Crippen molar-refractivity contribution in [3.8, 4) is 0 Å². The Labute approximate surface area is 137 Å². The highest BCUT2D eigenvalue weighted by Crippen LogP contribution is 2.34. The standard InChI is InChI=1S/C15H22N2O4S2/c1-2-22(18,19)14-4-3-5-15(10-14)23(20,21)17-12-6-7-13(17)11-16-9-8-12/h3-5,10,12-13,16H,2,6-9,11H2,1H3. The van der Waals surface area contributed by atoms with Crippen molar-refractivity contribution in [2.75, 3.05) is 18.8 Å². The lowest BCUT2D eigenvalue weighted by molar-refractivity contribution is 0.334. The Morgan fingerprint density at radius 3 is 2.52 bits per heavy atom. The summed E-state index contributed by atoms with van der Waals surface area (Å²) in [6.45, 7) is 3.03. The van der Waals surface area contributed by atoms with E-state index in [0.717, 1.165) is 25.8 Å². The molecule has 0 saturated carbocycles. The number of hydrogen-bond donors (Lipinski definition) is 1. The zero-order valence-electron chi connectivity index (χ0n) is 13.1. The number of hydrogen-bond acceptors (Lipinski definition) is 5. The summed E-state index contributed by atoms with van der Waals surface area (Å²) in [6.07, 6.45) is 2.52. The van der Waals surface area contributed by atoms with E-state index in [4.69, 9.17) is 0 Å². The quantitative estimate of drug-likeness (QED) is 0.868. The van der Waals surface area contributed by atoms with Gasteiger partial charge in [-0.3, -0.25) is 0 Å². The van der Waals surface area contributed by atoms with Crippen molar-refractivity contribution in [3.63, 3.8) is 0 Å². The van der Waals surface area contributed by atoms with Crippen LogP contribution in [0.15, 0.2) is 34.1 Å².